The Kier molecular flexibility index (Phi) is 4.69. The van der Waals surface area contributed by atoms with Crippen LogP contribution in [0.25, 0.3) is 0 Å². The zero-order chi connectivity index (χ0) is 13.9. The second-order valence-electron chi connectivity index (χ2n) is 4.94. The zero-order valence-corrected chi connectivity index (χ0v) is 11.0. The Bertz CT molecular complexity index is 356. The summed E-state index contributed by atoms with van der Waals surface area (Å²) in [6, 6.07) is -1.46. The van der Waals surface area contributed by atoms with E-state index in [1.54, 1.807) is 6.92 Å². The van der Waals surface area contributed by atoms with Crippen LogP contribution in [0.1, 0.15) is 33.6 Å². The van der Waals surface area contributed by atoms with Crippen LogP contribution in [0.4, 0.5) is 0 Å². The number of carbonyl (C=O) groups excluding carboxylic acids is 2. The average molecular weight is 256 g/mol. The van der Waals surface area contributed by atoms with E-state index in [-0.39, 0.29) is 11.8 Å². The van der Waals surface area contributed by atoms with Crippen LogP contribution in [-0.2, 0) is 14.4 Å². The summed E-state index contributed by atoms with van der Waals surface area (Å²) in [6.07, 6.45) is 1.26. The summed E-state index contributed by atoms with van der Waals surface area (Å²) in [6.45, 7) is 5.31. The first kappa shape index (κ1) is 14.5. The molecule has 0 aliphatic carbocycles. The van der Waals surface area contributed by atoms with E-state index in [0.29, 0.717) is 18.9 Å². The van der Waals surface area contributed by atoms with E-state index in [1.165, 1.54) is 11.8 Å². The van der Waals surface area contributed by atoms with E-state index in [1.807, 2.05) is 6.92 Å². The van der Waals surface area contributed by atoms with E-state index in [9.17, 15) is 14.4 Å². The zero-order valence-electron chi connectivity index (χ0n) is 11.0. The Morgan fingerprint density at radius 2 is 2.00 bits per heavy atom. The molecule has 0 radical (unpaired) electrons. The molecule has 0 saturated carbocycles. The van der Waals surface area contributed by atoms with Crippen molar-refractivity contribution < 1.29 is 19.5 Å². The number of likely N-dealkylation sites (tertiary alicyclic amines) is 1. The standard InChI is InChI=1S/C12H20N2O4/c1-7-4-5-14(10(6-7)12(17)18)11(16)8(2)13-9(3)15/h7-8,10H,4-6H2,1-3H3,(H,13,15)(H,17,18). The predicted molar refractivity (Wildman–Crippen MR) is 64.8 cm³/mol. The van der Waals surface area contributed by atoms with Gasteiger partial charge in [-0.2, -0.15) is 0 Å². The number of aliphatic carboxylic acids is 1. The number of hydrogen-bond donors (Lipinski definition) is 2. The van der Waals surface area contributed by atoms with E-state index < -0.39 is 18.1 Å². The van der Waals surface area contributed by atoms with Crippen molar-refractivity contribution in [3.8, 4) is 0 Å². The molecule has 1 aliphatic rings. The fourth-order valence-electron chi connectivity index (χ4n) is 2.25. The maximum absolute atomic E-state index is 12.1. The lowest BCUT2D eigenvalue weighted by Gasteiger charge is -2.37. The summed E-state index contributed by atoms with van der Waals surface area (Å²) in [4.78, 5) is 35.6. The fourth-order valence-corrected chi connectivity index (χ4v) is 2.25. The first-order chi connectivity index (χ1) is 8.32. The van der Waals surface area contributed by atoms with Gasteiger partial charge in [0.15, 0.2) is 0 Å². The smallest absolute Gasteiger partial charge is 0.326 e. The molecule has 0 aromatic carbocycles. The lowest BCUT2D eigenvalue weighted by molar-refractivity contribution is -0.154. The van der Waals surface area contributed by atoms with Crippen LogP contribution in [0, 0.1) is 5.92 Å². The summed E-state index contributed by atoms with van der Waals surface area (Å²) in [5.74, 6) is -1.31. The number of carboxylic acid groups (broad SMARTS) is 1. The van der Waals surface area contributed by atoms with Crippen molar-refractivity contribution in [2.75, 3.05) is 6.54 Å². The van der Waals surface area contributed by atoms with Crippen molar-refractivity contribution in [1.29, 1.82) is 0 Å². The summed E-state index contributed by atoms with van der Waals surface area (Å²) >= 11 is 0. The minimum absolute atomic E-state index is 0.297. The van der Waals surface area contributed by atoms with E-state index in [0.717, 1.165) is 6.42 Å². The lowest BCUT2D eigenvalue weighted by Crippen LogP contribution is -2.55. The molecule has 0 aromatic rings. The SMILES string of the molecule is CC(=O)NC(C)C(=O)N1CCC(C)CC1C(=O)O. The highest BCUT2D eigenvalue weighted by Gasteiger charge is 2.36. The van der Waals surface area contributed by atoms with Gasteiger partial charge in [0.05, 0.1) is 0 Å². The molecule has 0 aromatic heterocycles. The molecule has 6 heteroatoms. The quantitative estimate of drug-likeness (QED) is 0.756. The van der Waals surface area contributed by atoms with Crippen molar-refractivity contribution >= 4 is 17.8 Å². The highest BCUT2D eigenvalue weighted by molar-refractivity contribution is 5.89. The van der Waals surface area contributed by atoms with Gasteiger partial charge in [-0.25, -0.2) is 4.79 Å². The van der Waals surface area contributed by atoms with Gasteiger partial charge in [0, 0.05) is 13.5 Å². The van der Waals surface area contributed by atoms with E-state index in [2.05, 4.69) is 5.32 Å². The van der Waals surface area contributed by atoms with Gasteiger partial charge in [0.1, 0.15) is 12.1 Å². The van der Waals surface area contributed by atoms with Crippen molar-refractivity contribution in [2.24, 2.45) is 5.92 Å². The molecule has 1 heterocycles. The molecule has 3 unspecified atom stereocenters. The summed E-state index contributed by atoms with van der Waals surface area (Å²) in [5.41, 5.74) is 0. The predicted octanol–water partition coefficient (Wildman–Crippen LogP) is 0.223. The third kappa shape index (κ3) is 3.45. The fraction of sp³-hybridized carbons (Fsp3) is 0.750. The van der Waals surface area contributed by atoms with Crippen LogP contribution in [0.3, 0.4) is 0 Å². The maximum atomic E-state index is 12.1. The van der Waals surface area contributed by atoms with Gasteiger partial charge in [-0.15, -0.1) is 0 Å². The molecule has 1 rings (SSSR count). The Morgan fingerprint density at radius 3 is 2.50 bits per heavy atom. The molecule has 102 valence electrons. The Labute approximate surface area is 106 Å². The van der Waals surface area contributed by atoms with Crippen molar-refractivity contribution in [3.63, 3.8) is 0 Å². The minimum Gasteiger partial charge on any atom is -0.480 e. The number of carboxylic acids is 1. The summed E-state index contributed by atoms with van der Waals surface area (Å²) < 4.78 is 0. The Balaban J connectivity index is 2.75. The first-order valence-corrected chi connectivity index (χ1v) is 6.13. The molecule has 1 fully saturated rings. The third-order valence-corrected chi connectivity index (χ3v) is 3.22. The van der Waals surface area contributed by atoms with Crippen LogP contribution >= 0.6 is 0 Å². The van der Waals surface area contributed by atoms with E-state index in [4.69, 9.17) is 5.11 Å². The highest BCUT2D eigenvalue weighted by atomic mass is 16.4. The lowest BCUT2D eigenvalue weighted by atomic mass is 9.92. The second-order valence-corrected chi connectivity index (χ2v) is 4.94. The number of carbonyl (C=O) groups is 3. The highest BCUT2D eigenvalue weighted by Crippen LogP contribution is 2.23. The second kappa shape index (κ2) is 5.84. The molecule has 0 bridgehead atoms. The van der Waals surface area contributed by atoms with Gasteiger partial charge in [-0.1, -0.05) is 6.92 Å². The number of piperidine rings is 1. The molecule has 2 amide bonds. The van der Waals surface area contributed by atoms with E-state index >= 15 is 0 Å². The third-order valence-electron chi connectivity index (χ3n) is 3.22. The van der Waals surface area contributed by atoms with Gasteiger partial charge < -0.3 is 15.3 Å². The molecule has 18 heavy (non-hydrogen) atoms. The van der Waals surface area contributed by atoms with Gasteiger partial charge in [0.2, 0.25) is 11.8 Å². The number of amides is 2. The molecule has 1 aliphatic heterocycles. The average Bonchev–Trinajstić information content (AvgIpc) is 2.26. The van der Waals surface area contributed by atoms with Gasteiger partial charge in [-0.3, -0.25) is 9.59 Å². The van der Waals surface area contributed by atoms with Crippen molar-refractivity contribution in [3.05, 3.63) is 0 Å². The monoisotopic (exact) mass is 256 g/mol. The summed E-state index contributed by atoms with van der Waals surface area (Å²) in [7, 11) is 0. The molecular formula is C12H20N2O4. The Hall–Kier alpha value is -1.59. The van der Waals surface area contributed by atoms with Crippen LogP contribution < -0.4 is 5.32 Å². The van der Waals surface area contributed by atoms with Gasteiger partial charge >= 0.3 is 5.97 Å². The maximum Gasteiger partial charge on any atom is 0.326 e. The Morgan fingerprint density at radius 1 is 1.39 bits per heavy atom. The molecular weight excluding hydrogens is 236 g/mol. The molecule has 3 atom stereocenters. The normalized spacial score (nSPS) is 25.4. The van der Waals surface area contributed by atoms with Crippen LogP contribution in [0.15, 0.2) is 0 Å². The van der Waals surface area contributed by atoms with Crippen molar-refractivity contribution in [1.82, 2.24) is 10.2 Å². The number of nitrogens with one attached hydrogen (secondary N) is 1. The summed E-state index contributed by atoms with van der Waals surface area (Å²) in [5, 5.41) is 11.6. The van der Waals surface area contributed by atoms with Crippen LogP contribution in [0.2, 0.25) is 0 Å². The molecule has 6 nitrogen and oxygen atoms in total. The van der Waals surface area contributed by atoms with Crippen molar-refractivity contribution in [2.45, 2.75) is 45.7 Å². The molecule has 1 saturated heterocycles. The first-order valence-electron chi connectivity index (χ1n) is 6.13. The number of nitrogens with zero attached hydrogens (tertiary/aromatic N) is 1. The largest absolute Gasteiger partial charge is 0.480 e. The number of hydrogen-bond acceptors (Lipinski definition) is 3. The molecule has 0 spiro atoms. The molecule has 2 N–H and O–H groups in total. The number of rotatable bonds is 3. The van der Waals surface area contributed by atoms with Crippen LogP contribution in [0.5, 0.6) is 0 Å². The van der Waals surface area contributed by atoms with Gasteiger partial charge in [-0.05, 0) is 25.7 Å². The van der Waals surface area contributed by atoms with Crippen LogP contribution in [-0.4, -0.2) is 46.4 Å². The topological polar surface area (TPSA) is 86.7 Å². The van der Waals surface area contributed by atoms with Gasteiger partial charge in [0.25, 0.3) is 0 Å². The minimum atomic E-state index is -0.982.